The second-order valence-electron chi connectivity index (χ2n) is 3.26. The van der Waals surface area contributed by atoms with E-state index < -0.39 is 12.1 Å². The van der Waals surface area contributed by atoms with Crippen molar-refractivity contribution in [1.82, 2.24) is 4.90 Å². The maximum atomic E-state index is 12.1. The summed E-state index contributed by atoms with van der Waals surface area (Å²) in [5, 5.41) is 0. The Morgan fingerprint density at radius 2 is 1.73 bits per heavy atom. The highest BCUT2D eigenvalue weighted by Crippen LogP contribution is 2.42. The molecule has 11 heavy (non-hydrogen) atoms. The van der Waals surface area contributed by atoms with Crippen molar-refractivity contribution < 1.29 is 13.2 Å². The van der Waals surface area contributed by atoms with Gasteiger partial charge in [0, 0.05) is 6.04 Å². The molecule has 1 rings (SSSR count). The minimum absolute atomic E-state index is 0.282. The fraction of sp³-hybridized carbons (Fsp3) is 1.00. The molecule has 4 heteroatoms. The van der Waals surface area contributed by atoms with Gasteiger partial charge in [-0.3, -0.25) is 0 Å². The van der Waals surface area contributed by atoms with E-state index in [-0.39, 0.29) is 6.04 Å². The van der Waals surface area contributed by atoms with Crippen LogP contribution < -0.4 is 0 Å². The third-order valence-corrected chi connectivity index (χ3v) is 2.32. The normalized spacial score (nSPS) is 32.2. The molecular weight excluding hydrogens is 155 g/mol. The van der Waals surface area contributed by atoms with Gasteiger partial charge in [0.2, 0.25) is 0 Å². The molecule has 1 saturated carbocycles. The molecule has 0 aromatic heterocycles. The van der Waals surface area contributed by atoms with Gasteiger partial charge >= 0.3 is 6.18 Å². The van der Waals surface area contributed by atoms with E-state index in [4.69, 9.17) is 0 Å². The molecule has 1 fully saturated rings. The van der Waals surface area contributed by atoms with Crippen molar-refractivity contribution in [1.29, 1.82) is 0 Å². The van der Waals surface area contributed by atoms with Gasteiger partial charge in [0.15, 0.2) is 0 Å². The summed E-state index contributed by atoms with van der Waals surface area (Å²) in [6, 6.07) is -0.282. The first-order valence-corrected chi connectivity index (χ1v) is 3.66. The first-order chi connectivity index (χ1) is 4.93. The van der Waals surface area contributed by atoms with Gasteiger partial charge in [-0.1, -0.05) is 0 Å². The highest BCUT2D eigenvalue weighted by atomic mass is 19.4. The van der Waals surface area contributed by atoms with Crippen LogP contribution in [-0.2, 0) is 0 Å². The fourth-order valence-electron chi connectivity index (χ4n) is 1.48. The molecular formula is C7H12F3N. The molecule has 0 aromatic carbocycles. The van der Waals surface area contributed by atoms with E-state index >= 15 is 0 Å². The SMILES string of the molecule is CN(C)C1CCC1C(F)(F)F. The maximum Gasteiger partial charge on any atom is 0.393 e. The maximum absolute atomic E-state index is 12.1. The summed E-state index contributed by atoms with van der Waals surface area (Å²) in [6.07, 6.45) is -3.02. The van der Waals surface area contributed by atoms with Crippen LogP contribution in [0.3, 0.4) is 0 Å². The monoisotopic (exact) mass is 167 g/mol. The van der Waals surface area contributed by atoms with E-state index in [0.717, 1.165) is 0 Å². The third-order valence-electron chi connectivity index (χ3n) is 2.32. The van der Waals surface area contributed by atoms with Crippen LogP contribution in [0.2, 0.25) is 0 Å². The van der Waals surface area contributed by atoms with Crippen LogP contribution in [0.15, 0.2) is 0 Å². The Morgan fingerprint density at radius 1 is 1.18 bits per heavy atom. The molecule has 0 amide bonds. The van der Waals surface area contributed by atoms with Gasteiger partial charge < -0.3 is 4.90 Å². The molecule has 0 aliphatic heterocycles. The van der Waals surface area contributed by atoms with E-state index in [1.54, 1.807) is 19.0 Å². The lowest BCUT2D eigenvalue weighted by molar-refractivity contribution is -0.213. The summed E-state index contributed by atoms with van der Waals surface area (Å²) in [5.74, 6) is -1.09. The van der Waals surface area contributed by atoms with Gasteiger partial charge in [-0.05, 0) is 26.9 Å². The van der Waals surface area contributed by atoms with Crippen LogP contribution in [0.5, 0.6) is 0 Å². The summed E-state index contributed by atoms with van der Waals surface area (Å²) in [4.78, 5) is 1.65. The second kappa shape index (κ2) is 2.66. The van der Waals surface area contributed by atoms with Gasteiger partial charge in [0.25, 0.3) is 0 Å². The average molecular weight is 167 g/mol. The quantitative estimate of drug-likeness (QED) is 0.576. The van der Waals surface area contributed by atoms with E-state index in [1.807, 2.05) is 0 Å². The summed E-state index contributed by atoms with van der Waals surface area (Å²) in [6.45, 7) is 0. The third kappa shape index (κ3) is 1.67. The Hall–Kier alpha value is -0.250. The fourth-order valence-corrected chi connectivity index (χ4v) is 1.48. The topological polar surface area (TPSA) is 3.24 Å². The largest absolute Gasteiger partial charge is 0.393 e. The van der Waals surface area contributed by atoms with Crippen molar-refractivity contribution in [3.63, 3.8) is 0 Å². The molecule has 2 atom stereocenters. The Bertz CT molecular complexity index is 141. The Kier molecular flexibility index (Phi) is 2.14. The van der Waals surface area contributed by atoms with Crippen LogP contribution in [-0.4, -0.2) is 31.2 Å². The first-order valence-electron chi connectivity index (χ1n) is 3.66. The summed E-state index contributed by atoms with van der Waals surface area (Å²) in [5.41, 5.74) is 0. The van der Waals surface area contributed by atoms with Gasteiger partial charge in [-0.2, -0.15) is 13.2 Å². The number of halogens is 3. The standard InChI is InChI=1S/C7H12F3N/c1-11(2)6-4-3-5(6)7(8,9)10/h5-6H,3-4H2,1-2H3. The molecule has 1 aliphatic carbocycles. The highest BCUT2D eigenvalue weighted by Gasteiger charge is 2.50. The minimum atomic E-state index is -3.99. The van der Waals surface area contributed by atoms with E-state index in [0.29, 0.717) is 12.8 Å². The smallest absolute Gasteiger partial charge is 0.306 e. The lowest BCUT2D eigenvalue weighted by Gasteiger charge is -2.41. The number of rotatable bonds is 1. The average Bonchev–Trinajstić information content (AvgIpc) is 1.51. The Labute approximate surface area is 64.2 Å². The molecule has 66 valence electrons. The minimum Gasteiger partial charge on any atom is -0.306 e. The Balaban J connectivity index is 2.50. The molecule has 0 N–H and O–H groups in total. The molecule has 1 aliphatic rings. The van der Waals surface area contributed by atoms with Crippen LogP contribution in [0.25, 0.3) is 0 Å². The Morgan fingerprint density at radius 3 is 1.82 bits per heavy atom. The zero-order valence-electron chi connectivity index (χ0n) is 6.65. The molecule has 0 aromatic rings. The lowest BCUT2D eigenvalue weighted by Crippen LogP contribution is -2.49. The van der Waals surface area contributed by atoms with E-state index in [1.165, 1.54) is 0 Å². The van der Waals surface area contributed by atoms with E-state index in [2.05, 4.69) is 0 Å². The van der Waals surface area contributed by atoms with Crippen LogP contribution >= 0.6 is 0 Å². The summed E-state index contributed by atoms with van der Waals surface area (Å²) in [7, 11) is 3.39. The van der Waals surface area contributed by atoms with Crippen LogP contribution in [0.1, 0.15) is 12.8 Å². The molecule has 1 nitrogen and oxygen atoms in total. The first kappa shape index (κ1) is 8.84. The van der Waals surface area contributed by atoms with Crippen molar-refractivity contribution in [2.75, 3.05) is 14.1 Å². The van der Waals surface area contributed by atoms with Crippen molar-refractivity contribution in [2.45, 2.75) is 25.1 Å². The molecule has 0 saturated heterocycles. The predicted molar refractivity (Wildman–Crippen MR) is 36.3 cm³/mol. The summed E-state index contributed by atoms with van der Waals surface area (Å²) >= 11 is 0. The van der Waals surface area contributed by atoms with Crippen molar-refractivity contribution in [2.24, 2.45) is 5.92 Å². The zero-order chi connectivity index (χ0) is 8.65. The van der Waals surface area contributed by atoms with E-state index in [9.17, 15) is 13.2 Å². The van der Waals surface area contributed by atoms with Gasteiger partial charge in [0.1, 0.15) is 0 Å². The zero-order valence-corrected chi connectivity index (χ0v) is 6.65. The molecule has 0 heterocycles. The number of alkyl halides is 3. The predicted octanol–water partition coefficient (Wildman–Crippen LogP) is 1.89. The van der Waals surface area contributed by atoms with Gasteiger partial charge in [0.05, 0.1) is 5.92 Å². The molecule has 0 radical (unpaired) electrons. The molecule has 0 spiro atoms. The molecule has 0 bridgehead atoms. The second-order valence-corrected chi connectivity index (χ2v) is 3.26. The highest BCUT2D eigenvalue weighted by molar-refractivity contribution is 4.90. The lowest BCUT2D eigenvalue weighted by atomic mass is 9.78. The van der Waals surface area contributed by atoms with Gasteiger partial charge in [-0.15, -0.1) is 0 Å². The van der Waals surface area contributed by atoms with Crippen molar-refractivity contribution in [3.05, 3.63) is 0 Å². The number of hydrogen-bond donors (Lipinski definition) is 0. The number of hydrogen-bond acceptors (Lipinski definition) is 1. The molecule has 2 unspecified atom stereocenters. The summed E-state index contributed by atoms with van der Waals surface area (Å²) < 4.78 is 36.3. The van der Waals surface area contributed by atoms with Crippen LogP contribution in [0.4, 0.5) is 13.2 Å². The number of nitrogens with zero attached hydrogens (tertiary/aromatic N) is 1. The van der Waals surface area contributed by atoms with Crippen molar-refractivity contribution >= 4 is 0 Å². The van der Waals surface area contributed by atoms with Gasteiger partial charge in [-0.25, -0.2) is 0 Å². The van der Waals surface area contributed by atoms with Crippen molar-refractivity contribution in [3.8, 4) is 0 Å². The van der Waals surface area contributed by atoms with Crippen LogP contribution in [0, 0.1) is 5.92 Å².